The summed E-state index contributed by atoms with van der Waals surface area (Å²) in [5.74, 6) is 0.0517. The zero-order valence-corrected chi connectivity index (χ0v) is 10.0. The Labute approximate surface area is 95.5 Å². The zero-order valence-electron chi connectivity index (χ0n) is 10.0. The Balaban J connectivity index is 2.83. The summed E-state index contributed by atoms with van der Waals surface area (Å²) in [5.41, 5.74) is -0.118. The minimum absolute atomic E-state index is 0.0517. The van der Waals surface area contributed by atoms with E-state index in [1.807, 2.05) is 0 Å². The van der Waals surface area contributed by atoms with Gasteiger partial charge in [0.15, 0.2) is 0 Å². The van der Waals surface area contributed by atoms with Crippen LogP contribution in [0.5, 0.6) is 5.75 Å². The highest BCUT2D eigenvalue weighted by molar-refractivity contribution is 5.89. The molecule has 1 N–H and O–H groups in total. The van der Waals surface area contributed by atoms with Gasteiger partial charge in [-0.2, -0.15) is 0 Å². The molecule has 0 saturated carbocycles. The highest BCUT2D eigenvalue weighted by Gasteiger charge is 2.21. The van der Waals surface area contributed by atoms with Crippen LogP contribution in [0.3, 0.4) is 0 Å². The molecule has 1 amide bonds. The van der Waals surface area contributed by atoms with Crippen molar-refractivity contribution in [2.24, 2.45) is 0 Å². The topological polar surface area (TPSA) is 49.8 Å². The van der Waals surface area contributed by atoms with Gasteiger partial charge < -0.3 is 9.84 Å². The highest BCUT2D eigenvalue weighted by atomic mass is 16.6. The molecule has 0 saturated heterocycles. The van der Waals surface area contributed by atoms with E-state index in [4.69, 9.17) is 4.74 Å². The third-order valence-corrected chi connectivity index (χ3v) is 1.91. The highest BCUT2D eigenvalue weighted by Crippen LogP contribution is 2.26. The third-order valence-electron chi connectivity index (χ3n) is 1.91. The molecule has 0 spiro atoms. The second kappa shape index (κ2) is 4.43. The van der Waals surface area contributed by atoms with Gasteiger partial charge in [-0.15, -0.1) is 0 Å². The normalized spacial score (nSPS) is 11.0. The molecule has 4 nitrogen and oxygen atoms in total. The van der Waals surface area contributed by atoms with Crippen LogP contribution in [0, 0.1) is 0 Å². The number of phenols is 1. The average Bonchev–Trinajstić information content (AvgIpc) is 2.15. The second-order valence-corrected chi connectivity index (χ2v) is 4.53. The number of hydrogen-bond acceptors (Lipinski definition) is 3. The Bertz CT molecular complexity index is 382. The first-order valence-corrected chi connectivity index (χ1v) is 5.06. The van der Waals surface area contributed by atoms with Crippen LogP contribution in [-0.2, 0) is 4.74 Å². The maximum atomic E-state index is 11.7. The van der Waals surface area contributed by atoms with E-state index in [9.17, 15) is 9.90 Å². The van der Waals surface area contributed by atoms with Crippen molar-refractivity contribution in [3.63, 3.8) is 0 Å². The van der Waals surface area contributed by atoms with Gasteiger partial charge in [0.1, 0.15) is 11.4 Å². The van der Waals surface area contributed by atoms with Gasteiger partial charge in [-0.3, -0.25) is 4.90 Å². The van der Waals surface area contributed by atoms with Crippen LogP contribution in [-0.4, -0.2) is 23.8 Å². The fraction of sp³-hybridized carbons (Fsp3) is 0.417. The fourth-order valence-electron chi connectivity index (χ4n) is 1.18. The van der Waals surface area contributed by atoms with Gasteiger partial charge in [0.25, 0.3) is 0 Å². The van der Waals surface area contributed by atoms with Crippen LogP contribution in [0.4, 0.5) is 10.5 Å². The summed E-state index contributed by atoms with van der Waals surface area (Å²) in [6.07, 6.45) is -0.492. The zero-order chi connectivity index (χ0) is 12.3. The monoisotopic (exact) mass is 223 g/mol. The molecule has 0 aliphatic carbocycles. The minimum atomic E-state index is -0.546. The van der Waals surface area contributed by atoms with Crippen molar-refractivity contribution in [2.45, 2.75) is 26.4 Å². The molecule has 1 aromatic rings. The molecule has 0 aliphatic rings. The number of carbonyl (C=O) groups excluding carboxylic acids is 1. The predicted molar refractivity (Wildman–Crippen MR) is 62.7 cm³/mol. The Morgan fingerprint density at radius 3 is 2.38 bits per heavy atom. The van der Waals surface area contributed by atoms with Crippen LogP contribution >= 0.6 is 0 Å². The molecule has 16 heavy (non-hydrogen) atoms. The van der Waals surface area contributed by atoms with Gasteiger partial charge in [0, 0.05) is 7.05 Å². The molecule has 0 heterocycles. The lowest BCUT2D eigenvalue weighted by atomic mass is 10.2. The summed E-state index contributed by atoms with van der Waals surface area (Å²) in [5, 5.41) is 9.58. The quantitative estimate of drug-likeness (QED) is 0.796. The maximum absolute atomic E-state index is 11.7. The molecule has 0 fully saturated rings. The Hall–Kier alpha value is -1.71. The van der Waals surface area contributed by atoms with E-state index in [0.29, 0.717) is 5.69 Å². The van der Waals surface area contributed by atoms with E-state index in [0.717, 1.165) is 0 Å². The van der Waals surface area contributed by atoms with Crippen LogP contribution < -0.4 is 4.90 Å². The molecule has 0 bridgehead atoms. The molecule has 0 aromatic heterocycles. The lowest BCUT2D eigenvalue weighted by molar-refractivity contribution is 0.0588. The molecular weight excluding hydrogens is 206 g/mol. The Morgan fingerprint density at radius 2 is 1.88 bits per heavy atom. The van der Waals surface area contributed by atoms with Gasteiger partial charge >= 0.3 is 6.09 Å². The second-order valence-electron chi connectivity index (χ2n) is 4.53. The largest absolute Gasteiger partial charge is 0.506 e. The van der Waals surface area contributed by atoms with Gasteiger partial charge in [-0.1, -0.05) is 12.1 Å². The molecule has 0 atom stereocenters. The number of anilines is 1. The average molecular weight is 223 g/mol. The lowest BCUT2D eigenvalue weighted by Gasteiger charge is -2.24. The lowest BCUT2D eigenvalue weighted by Crippen LogP contribution is -2.34. The molecule has 1 aromatic carbocycles. The predicted octanol–water partition coefficient (Wildman–Crippen LogP) is 2.76. The molecule has 0 aliphatic heterocycles. The number of rotatable bonds is 1. The van der Waals surface area contributed by atoms with E-state index in [1.165, 1.54) is 11.0 Å². The summed E-state index contributed by atoms with van der Waals surface area (Å²) in [6.45, 7) is 5.39. The van der Waals surface area contributed by atoms with Crippen LogP contribution in [0.2, 0.25) is 0 Å². The van der Waals surface area contributed by atoms with Crippen molar-refractivity contribution >= 4 is 11.8 Å². The third kappa shape index (κ3) is 3.15. The first-order valence-electron chi connectivity index (χ1n) is 5.06. The molecule has 1 rings (SSSR count). The fourth-order valence-corrected chi connectivity index (χ4v) is 1.18. The number of carbonyl (C=O) groups is 1. The number of amides is 1. The van der Waals surface area contributed by atoms with Crippen LogP contribution in [0.25, 0.3) is 0 Å². The van der Waals surface area contributed by atoms with Crippen molar-refractivity contribution in [1.29, 1.82) is 0 Å². The van der Waals surface area contributed by atoms with E-state index < -0.39 is 11.7 Å². The van der Waals surface area contributed by atoms with E-state index in [1.54, 1.807) is 46.0 Å². The van der Waals surface area contributed by atoms with Gasteiger partial charge in [-0.05, 0) is 32.9 Å². The van der Waals surface area contributed by atoms with Crippen molar-refractivity contribution in [1.82, 2.24) is 0 Å². The number of phenolic OH excluding ortho intramolecular Hbond substituents is 1. The maximum Gasteiger partial charge on any atom is 0.414 e. The minimum Gasteiger partial charge on any atom is -0.506 e. The van der Waals surface area contributed by atoms with Crippen molar-refractivity contribution in [3.8, 4) is 5.75 Å². The number of para-hydroxylation sites is 2. The molecular formula is C12H17NO3. The number of nitrogens with zero attached hydrogens (tertiary/aromatic N) is 1. The first kappa shape index (κ1) is 12.4. The molecule has 0 radical (unpaired) electrons. The van der Waals surface area contributed by atoms with Crippen LogP contribution in [0.15, 0.2) is 24.3 Å². The summed E-state index contributed by atoms with van der Waals surface area (Å²) in [6, 6.07) is 6.62. The first-order chi connectivity index (χ1) is 7.31. The molecule has 0 unspecified atom stereocenters. The number of aromatic hydroxyl groups is 1. The summed E-state index contributed by atoms with van der Waals surface area (Å²) in [4.78, 5) is 13.0. The number of hydrogen-bond donors (Lipinski definition) is 1. The van der Waals surface area contributed by atoms with Crippen molar-refractivity contribution in [2.75, 3.05) is 11.9 Å². The Kier molecular flexibility index (Phi) is 3.42. The summed E-state index contributed by atoms with van der Waals surface area (Å²) >= 11 is 0. The van der Waals surface area contributed by atoms with Gasteiger partial charge in [0.05, 0.1) is 5.69 Å². The summed E-state index contributed by atoms with van der Waals surface area (Å²) < 4.78 is 5.18. The van der Waals surface area contributed by atoms with E-state index in [2.05, 4.69) is 0 Å². The molecule has 88 valence electrons. The SMILES string of the molecule is CN(C(=O)OC(C)(C)C)c1ccccc1O. The van der Waals surface area contributed by atoms with Gasteiger partial charge in [-0.25, -0.2) is 4.79 Å². The van der Waals surface area contributed by atoms with E-state index in [-0.39, 0.29) is 5.75 Å². The standard InChI is InChI=1S/C12H17NO3/c1-12(2,3)16-11(15)13(4)9-7-5-6-8-10(9)14/h5-8,14H,1-4H3. The van der Waals surface area contributed by atoms with E-state index >= 15 is 0 Å². The summed E-state index contributed by atoms with van der Waals surface area (Å²) in [7, 11) is 1.56. The Morgan fingerprint density at radius 1 is 1.31 bits per heavy atom. The number of benzene rings is 1. The van der Waals surface area contributed by atoms with Gasteiger partial charge in [0.2, 0.25) is 0 Å². The van der Waals surface area contributed by atoms with Crippen LogP contribution in [0.1, 0.15) is 20.8 Å². The molecule has 4 heteroatoms. The smallest absolute Gasteiger partial charge is 0.414 e. The number of ether oxygens (including phenoxy) is 1. The van der Waals surface area contributed by atoms with Crippen molar-refractivity contribution < 1.29 is 14.6 Å². The van der Waals surface area contributed by atoms with Crippen molar-refractivity contribution in [3.05, 3.63) is 24.3 Å².